The van der Waals surface area contributed by atoms with Gasteiger partial charge in [-0.2, -0.15) is 9.61 Å². The molecule has 0 saturated carbocycles. The third-order valence-electron chi connectivity index (χ3n) is 4.21. The standard InChI is InChI=1S/C21H18ClN5OS/c1-13-9-14(2)11-17(10-13)23-20(28)12-29-21-25-24-19-8-7-18(26-27(19)21)15-3-5-16(22)6-4-15/h3-11H,12H2,1-2H3,(H,23,28). The molecule has 0 aliphatic rings. The summed E-state index contributed by atoms with van der Waals surface area (Å²) in [6.07, 6.45) is 0. The minimum atomic E-state index is -0.106. The van der Waals surface area contributed by atoms with Crippen molar-refractivity contribution in [2.24, 2.45) is 0 Å². The summed E-state index contributed by atoms with van der Waals surface area (Å²) in [6.45, 7) is 4.01. The lowest BCUT2D eigenvalue weighted by Gasteiger charge is -2.07. The molecular formula is C21H18ClN5OS. The molecular weight excluding hydrogens is 406 g/mol. The summed E-state index contributed by atoms with van der Waals surface area (Å²) in [6, 6.07) is 17.2. The summed E-state index contributed by atoms with van der Waals surface area (Å²) in [5, 5.41) is 17.1. The first-order valence-corrected chi connectivity index (χ1v) is 10.3. The van der Waals surface area contributed by atoms with Crippen LogP contribution >= 0.6 is 23.4 Å². The molecule has 0 radical (unpaired) electrons. The number of anilines is 1. The van der Waals surface area contributed by atoms with Crippen LogP contribution in [-0.4, -0.2) is 31.5 Å². The number of nitrogens with one attached hydrogen (secondary N) is 1. The van der Waals surface area contributed by atoms with Gasteiger partial charge in [0.05, 0.1) is 11.4 Å². The maximum atomic E-state index is 12.4. The third kappa shape index (κ3) is 4.58. The van der Waals surface area contributed by atoms with Crippen molar-refractivity contribution in [3.05, 3.63) is 70.7 Å². The molecule has 2 heterocycles. The van der Waals surface area contributed by atoms with E-state index >= 15 is 0 Å². The van der Waals surface area contributed by atoms with Crippen LogP contribution in [0, 0.1) is 13.8 Å². The molecule has 2 aromatic carbocycles. The number of aromatic nitrogens is 4. The maximum Gasteiger partial charge on any atom is 0.234 e. The van der Waals surface area contributed by atoms with Gasteiger partial charge in [-0.15, -0.1) is 10.2 Å². The quantitative estimate of drug-likeness (QED) is 0.467. The summed E-state index contributed by atoms with van der Waals surface area (Å²) < 4.78 is 1.65. The van der Waals surface area contributed by atoms with Crippen molar-refractivity contribution in [3.8, 4) is 11.3 Å². The molecule has 6 nitrogen and oxygen atoms in total. The van der Waals surface area contributed by atoms with Crippen LogP contribution in [-0.2, 0) is 4.79 Å². The number of carbonyl (C=O) groups is 1. The Kier molecular flexibility index (Phi) is 5.51. The molecule has 0 fully saturated rings. The number of nitrogens with zero attached hydrogens (tertiary/aromatic N) is 4. The maximum absolute atomic E-state index is 12.4. The molecule has 146 valence electrons. The molecule has 0 aliphatic carbocycles. The fourth-order valence-corrected chi connectivity index (χ4v) is 3.82. The Bertz CT molecular complexity index is 1170. The Morgan fingerprint density at radius 2 is 1.76 bits per heavy atom. The molecule has 0 spiro atoms. The van der Waals surface area contributed by atoms with Gasteiger partial charge < -0.3 is 5.32 Å². The molecule has 0 aliphatic heterocycles. The van der Waals surface area contributed by atoms with Crippen molar-refractivity contribution in [2.75, 3.05) is 11.1 Å². The average Bonchev–Trinajstić information content (AvgIpc) is 3.08. The summed E-state index contributed by atoms with van der Waals surface area (Å²) >= 11 is 7.25. The predicted octanol–water partition coefficient (Wildman–Crippen LogP) is 4.79. The van der Waals surface area contributed by atoms with Crippen molar-refractivity contribution < 1.29 is 4.79 Å². The van der Waals surface area contributed by atoms with Gasteiger partial charge in [0, 0.05) is 16.3 Å². The number of hydrogen-bond donors (Lipinski definition) is 1. The van der Waals surface area contributed by atoms with Crippen LogP contribution in [0.15, 0.2) is 59.8 Å². The second kappa shape index (κ2) is 8.23. The molecule has 1 amide bonds. The number of rotatable bonds is 5. The SMILES string of the molecule is Cc1cc(C)cc(NC(=O)CSc2nnc3ccc(-c4ccc(Cl)cc4)nn23)c1. The average molecular weight is 424 g/mol. The fraction of sp³-hybridized carbons (Fsp3) is 0.143. The van der Waals surface area contributed by atoms with Gasteiger partial charge in [0.25, 0.3) is 0 Å². The highest BCUT2D eigenvalue weighted by molar-refractivity contribution is 7.99. The number of benzene rings is 2. The van der Waals surface area contributed by atoms with E-state index in [-0.39, 0.29) is 11.7 Å². The summed E-state index contributed by atoms with van der Waals surface area (Å²) in [5.74, 6) is 0.103. The Morgan fingerprint density at radius 1 is 1.03 bits per heavy atom. The highest BCUT2D eigenvalue weighted by Crippen LogP contribution is 2.22. The molecule has 0 unspecified atom stereocenters. The number of thioether (sulfide) groups is 1. The molecule has 8 heteroatoms. The number of hydrogen-bond acceptors (Lipinski definition) is 5. The second-order valence-corrected chi connectivity index (χ2v) is 8.07. The van der Waals surface area contributed by atoms with Crippen LogP contribution < -0.4 is 5.32 Å². The lowest BCUT2D eigenvalue weighted by Crippen LogP contribution is -2.14. The van der Waals surface area contributed by atoms with Gasteiger partial charge in [-0.25, -0.2) is 0 Å². The lowest BCUT2D eigenvalue weighted by molar-refractivity contribution is -0.113. The smallest absolute Gasteiger partial charge is 0.234 e. The monoisotopic (exact) mass is 423 g/mol. The van der Waals surface area contributed by atoms with Crippen LogP contribution in [0.3, 0.4) is 0 Å². The number of carbonyl (C=O) groups excluding carboxylic acids is 1. The molecule has 0 atom stereocenters. The van der Waals surface area contributed by atoms with E-state index in [1.807, 2.05) is 62.4 Å². The number of halogens is 1. The Balaban J connectivity index is 1.49. The zero-order valence-electron chi connectivity index (χ0n) is 15.9. The summed E-state index contributed by atoms with van der Waals surface area (Å²) in [4.78, 5) is 12.4. The molecule has 0 saturated heterocycles. The van der Waals surface area contributed by atoms with E-state index in [2.05, 4.69) is 26.7 Å². The molecule has 2 aromatic heterocycles. The lowest BCUT2D eigenvalue weighted by atomic mass is 10.1. The second-order valence-electron chi connectivity index (χ2n) is 6.69. The van der Waals surface area contributed by atoms with E-state index in [9.17, 15) is 4.79 Å². The van der Waals surface area contributed by atoms with Crippen molar-refractivity contribution in [1.82, 2.24) is 19.8 Å². The van der Waals surface area contributed by atoms with Gasteiger partial charge in [-0.1, -0.05) is 41.6 Å². The van der Waals surface area contributed by atoms with Crippen LogP contribution in [0.5, 0.6) is 0 Å². The van der Waals surface area contributed by atoms with Gasteiger partial charge in [0.2, 0.25) is 11.1 Å². The molecule has 1 N–H and O–H groups in total. The van der Waals surface area contributed by atoms with Crippen molar-refractivity contribution in [1.29, 1.82) is 0 Å². The minimum Gasteiger partial charge on any atom is -0.325 e. The summed E-state index contributed by atoms with van der Waals surface area (Å²) in [7, 11) is 0. The van der Waals surface area contributed by atoms with E-state index in [0.717, 1.165) is 28.1 Å². The predicted molar refractivity (Wildman–Crippen MR) is 116 cm³/mol. The first-order valence-electron chi connectivity index (χ1n) is 8.97. The fourth-order valence-electron chi connectivity index (χ4n) is 3.01. The van der Waals surface area contributed by atoms with Crippen LogP contribution in [0.2, 0.25) is 5.02 Å². The highest BCUT2D eigenvalue weighted by Gasteiger charge is 2.12. The van der Waals surface area contributed by atoms with E-state index in [1.54, 1.807) is 4.52 Å². The Hall–Kier alpha value is -2.90. The highest BCUT2D eigenvalue weighted by atomic mass is 35.5. The van der Waals surface area contributed by atoms with E-state index in [1.165, 1.54) is 11.8 Å². The number of fused-ring (bicyclic) bond motifs is 1. The van der Waals surface area contributed by atoms with Crippen LogP contribution in [0.1, 0.15) is 11.1 Å². The van der Waals surface area contributed by atoms with E-state index in [0.29, 0.717) is 15.8 Å². The van der Waals surface area contributed by atoms with Gasteiger partial charge in [0.1, 0.15) is 0 Å². The Labute approximate surface area is 177 Å². The number of amides is 1. The van der Waals surface area contributed by atoms with Crippen LogP contribution in [0.4, 0.5) is 5.69 Å². The largest absolute Gasteiger partial charge is 0.325 e. The molecule has 4 rings (SSSR count). The summed E-state index contributed by atoms with van der Waals surface area (Å²) in [5.41, 5.74) is 5.34. The molecule has 0 bridgehead atoms. The van der Waals surface area contributed by atoms with Crippen molar-refractivity contribution >= 4 is 40.6 Å². The van der Waals surface area contributed by atoms with Gasteiger partial charge >= 0.3 is 0 Å². The normalized spacial score (nSPS) is 11.0. The Morgan fingerprint density at radius 3 is 2.48 bits per heavy atom. The van der Waals surface area contributed by atoms with Gasteiger partial charge in [-0.05, 0) is 61.4 Å². The van der Waals surface area contributed by atoms with Crippen LogP contribution in [0.25, 0.3) is 16.9 Å². The minimum absolute atomic E-state index is 0.106. The van der Waals surface area contributed by atoms with Crippen molar-refractivity contribution in [3.63, 3.8) is 0 Å². The van der Waals surface area contributed by atoms with Gasteiger partial charge in [-0.3, -0.25) is 4.79 Å². The van der Waals surface area contributed by atoms with Gasteiger partial charge in [0.15, 0.2) is 5.65 Å². The van der Waals surface area contributed by atoms with Crippen molar-refractivity contribution in [2.45, 2.75) is 19.0 Å². The topological polar surface area (TPSA) is 72.2 Å². The zero-order valence-corrected chi connectivity index (χ0v) is 17.5. The zero-order chi connectivity index (χ0) is 20.4. The first-order chi connectivity index (χ1) is 14.0. The molecule has 4 aromatic rings. The van der Waals surface area contributed by atoms with E-state index < -0.39 is 0 Å². The number of aryl methyl sites for hydroxylation is 2. The molecule has 29 heavy (non-hydrogen) atoms. The van der Waals surface area contributed by atoms with E-state index in [4.69, 9.17) is 11.6 Å². The first kappa shape index (κ1) is 19.4. The third-order valence-corrected chi connectivity index (χ3v) is 5.38.